The Kier molecular flexibility index (Phi) is 5.81. The predicted molar refractivity (Wildman–Crippen MR) is 138 cm³/mol. The summed E-state index contributed by atoms with van der Waals surface area (Å²) < 4.78 is 6.64. The Morgan fingerprint density at radius 3 is 2.74 bits per heavy atom. The number of carbonyl (C=O) groups excluding carboxylic acids is 1. The fourth-order valence-electron chi connectivity index (χ4n) is 3.92. The number of halogens is 1. The third kappa shape index (κ3) is 4.04. The summed E-state index contributed by atoms with van der Waals surface area (Å²) in [5.74, 6) is 0.0760. The molecular formula is C26H20ClN3O3S. The van der Waals surface area contributed by atoms with Gasteiger partial charge in [0.05, 0.1) is 24.5 Å². The maximum absolute atomic E-state index is 13.4. The quantitative estimate of drug-likeness (QED) is 0.334. The largest absolute Gasteiger partial charge is 0.495 e. The van der Waals surface area contributed by atoms with E-state index in [2.05, 4.69) is 22.4 Å². The van der Waals surface area contributed by atoms with Crippen LogP contribution in [0.1, 0.15) is 5.56 Å². The standard InChI is InChI=1S/C26H20ClN3O3S/c1-15-9-21(22(33-2)11-20(15)27)29-23(31)12-30-14-28-25-24(26(30)32)19(13-34-25)18-8-7-16-5-3-4-6-17(16)10-18/h3-11,13-14H,12H2,1-2H3,(H,29,31). The first kappa shape index (κ1) is 22.1. The number of aromatic nitrogens is 2. The number of hydrogen-bond donors (Lipinski definition) is 1. The molecule has 8 heteroatoms. The zero-order valence-electron chi connectivity index (χ0n) is 18.5. The van der Waals surface area contributed by atoms with Crippen LogP contribution in [-0.2, 0) is 11.3 Å². The number of aryl methyl sites for hydroxylation is 1. The summed E-state index contributed by atoms with van der Waals surface area (Å²) in [6.07, 6.45) is 1.41. The lowest BCUT2D eigenvalue weighted by molar-refractivity contribution is -0.116. The van der Waals surface area contributed by atoms with Gasteiger partial charge in [0.15, 0.2) is 0 Å². The fraction of sp³-hybridized carbons (Fsp3) is 0.115. The van der Waals surface area contributed by atoms with Crippen LogP contribution in [0.5, 0.6) is 5.75 Å². The summed E-state index contributed by atoms with van der Waals surface area (Å²) in [6.45, 7) is 1.66. The molecule has 170 valence electrons. The lowest BCUT2D eigenvalue weighted by Gasteiger charge is -2.13. The zero-order valence-corrected chi connectivity index (χ0v) is 20.0. The summed E-state index contributed by atoms with van der Waals surface area (Å²) >= 11 is 7.56. The second kappa shape index (κ2) is 8.93. The van der Waals surface area contributed by atoms with Gasteiger partial charge in [0.1, 0.15) is 17.1 Å². The van der Waals surface area contributed by atoms with Crippen LogP contribution in [0.3, 0.4) is 0 Å². The molecule has 0 aliphatic rings. The molecule has 5 rings (SSSR count). The summed E-state index contributed by atoms with van der Waals surface area (Å²) in [5, 5.41) is 8.02. The molecule has 1 N–H and O–H groups in total. The van der Waals surface area contributed by atoms with Gasteiger partial charge in [0, 0.05) is 22.0 Å². The monoisotopic (exact) mass is 489 g/mol. The third-order valence-corrected chi connectivity index (χ3v) is 6.98. The summed E-state index contributed by atoms with van der Waals surface area (Å²) in [5.41, 5.74) is 2.78. The minimum Gasteiger partial charge on any atom is -0.495 e. The van der Waals surface area contributed by atoms with E-state index in [9.17, 15) is 9.59 Å². The number of ether oxygens (including phenoxy) is 1. The zero-order chi connectivity index (χ0) is 23.8. The van der Waals surface area contributed by atoms with Crippen molar-refractivity contribution in [3.63, 3.8) is 0 Å². The molecule has 0 spiro atoms. The Labute approximate surface area is 204 Å². The number of anilines is 1. The molecule has 0 radical (unpaired) electrons. The van der Waals surface area contributed by atoms with E-state index in [4.69, 9.17) is 16.3 Å². The van der Waals surface area contributed by atoms with E-state index in [0.29, 0.717) is 26.7 Å². The smallest absolute Gasteiger partial charge is 0.263 e. The van der Waals surface area contributed by atoms with Gasteiger partial charge in [-0.3, -0.25) is 14.2 Å². The molecule has 34 heavy (non-hydrogen) atoms. The molecule has 6 nitrogen and oxygen atoms in total. The molecule has 0 aliphatic carbocycles. The first-order valence-corrected chi connectivity index (χ1v) is 11.8. The maximum Gasteiger partial charge on any atom is 0.263 e. The van der Waals surface area contributed by atoms with Crippen LogP contribution in [0.25, 0.3) is 32.1 Å². The third-order valence-electron chi connectivity index (χ3n) is 5.69. The van der Waals surface area contributed by atoms with Crippen molar-refractivity contribution in [3.8, 4) is 16.9 Å². The van der Waals surface area contributed by atoms with Gasteiger partial charge in [-0.15, -0.1) is 11.3 Å². The van der Waals surface area contributed by atoms with E-state index < -0.39 is 0 Å². The highest BCUT2D eigenvalue weighted by atomic mass is 35.5. The van der Waals surface area contributed by atoms with E-state index in [-0.39, 0.29) is 18.0 Å². The van der Waals surface area contributed by atoms with E-state index in [1.165, 1.54) is 29.3 Å². The van der Waals surface area contributed by atoms with Crippen LogP contribution in [0.2, 0.25) is 5.02 Å². The number of methoxy groups -OCH3 is 1. The van der Waals surface area contributed by atoms with E-state index in [0.717, 1.165) is 27.5 Å². The molecule has 0 unspecified atom stereocenters. The number of hydrogen-bond acceptors (Lipinski definition) is 5. The van der Waals surface area contributed by atoms with Crippen molar-refractivity contribution in [1.82, 2.24) is 9.55 Å². The SMILES string of the molecule is COc1cc(Cl)c(C)cc1NC(=O)Cn1cnc2scc(-c3ccc4ccccc4c3)c2c1=O. The molecule has 2 aromatic heterocycles. The van der Waals surface area contributed by atoms with Crippen molar-refractivity contribution in [2.24, 2.45) is 0 Å². The van der Waals surface area contributed by atoms with Crippen molar-refractivity contribution >= 4 is 55.5 Å². The van der Waals surface area contributed by atoms with Crippen molar-refractivity contribution in [1.29, 1.82) is 0 Å². The van der Waals surface area contributed by atoms with Gasteiger partial charge in [0.2, 0.25) is 5.91 Å². The molecule has 0 atom stereocenters. The average molecular weight is 490 g/mol. The molecule has 0 aliphatic heterocycles. The Balaban J connectivity index is 1.48. The summed E-state index contributed by atoms with van der Waals surface area (Å²) in [6, 6.07) is 17.6. The minimum absolute atomic E-state index is 0.181. The van der Waals surface area contributed by atoms with Crippen LogP contribution in [0.4, 0.5) is 5.69 Å². The van der Waals surface area contributed by atoms with Gasteiger partial charge in [-0.2, -0.15) is 0 Å². The van der Waals surface area contributed by atoms with E-state index >= 15 is 0 Å². The number of carbonyl (C=O) groups is 1. The first-order valence-electron chi connectivity index (χ1n) is 10.5. The number of nitrogens with one attached hydrogen (secondary N) is 1. The number of thiophene rings is 1. The molecule has 1 amide bonds. The number of amides is 1. The van der Waals surface area contributed by atoms with Crippen LogP contribution in [-0.4, -0.2) is 22.6 Å². The Hall–Kier alpha value is -3.68. The second-order valence-corrected chi connectivity index (χ2v) is 9.18. The topological polar surface area (TPSA) is 73.2 Å². The number of benzene rings is 3. The second-order valence-electron chi connectivity index (χ2n) is 7.92. The van der Waals surface area contributed by atoms with Gasteiger partial charge in [0.25, 0.3) is 5.56 Å². The van der Waals surface area contributed by atoms with Gasteiger partial charge >= 0.3 is 0 Å². The maximum atomic E-state index is 13.4. The van der Waals surface area contributed by atoms with Crippen molar-refractivity contribution < 1.29 is 9.53 Å². The Bertz CT molecular complexity index is 1620. The van der Waals surface area contributed by atoms with Crippen LogP contribution in [0, 0.1) is 6.92 Å². The van der Waals surface area contributed by atoms with Gasteiger partial charge < -0.3 is 10.1 Å². The van der Waals surface area contributed by atoms with Crippen molar-refractivity contribution in [2.75, 3.05) is 12.4 Å². The molecule has 5 aromatic rings. The molecule has 0 saturated carbocycles. The first-order chi connectivity index (χ1) is 16.4. The number of rotatable bonds is 5. The lowest BCUT2D eigenvalue weighted by atomic mass is 10.0. The predicted octanol–water partition coefficient (Wildman–Crippen LogP) is 5.89. The van der Waals surface area contributed by atoms with Crippen LogP contribution < -0.4 is 15.6 Å². The van der Waals surface area contributed by atoms with Gasteiger partial charge in [-0.1, -0.05) is 48.0 Å². The average Bonchev–Trinajstić information content (AvgIpc) is 3.27. The van der Waals surface area contributed by atoms with Gasteiger partial charge in [-0.05, 0) is 41.0 Å². The Morgan fingerprint density at radius 2 is 1.94 bits per heavy atom. The number of nitrogens with zero attached hydrogens (tertiary/aromatic N) is 2. The molecule has 2 heterocycles. The van der Waals surface area contributed by atoms with Crippen LogP contribution in [0.15, 0.2) is 71.1 Å². The molecule has 0 bridgehead atoms. The van der Waals surface area contributed by atoms with E-state index in [1.807, 2.05) is 42.6 Å². The summed E-state index contributed by atoms with van der Waals surface area (Å²) in [4.78, 5) is 31.2. The minimum atomic E-state index is -0.370. The van der Waals surface area contributed by atoms with Crippen molar-refractivity contribution in [3.05, 3.63) is 87.2 Å². The highest BCUT2D eigenvalue weighted by molar-refractivity contribution is 7.17. The van der Waals surface area contributed by atoms with Crippen LogP contribution >= 0.6 is 22.9 Å². The van der Waals surface area contributed by atoms with Crippen molar-refractivity contribution in [2.45, 2.75) is 13.5 Å². The van der Waals surface area contributed by atoms with Gasteiger partial charge in [-0.25, -0.2) is 4.98 Å². The fourth-order valence-corrected chi connectivity index (χ4v) is 4.98. The highest BCUT2D eigenvalue weighted by Crippen LogP contribution is 2.33. The molecule has 0 saturated heterocycles. The molecular weight excluding hydrogens is 470 g/mol. The molecule has 3 aromatic carbocycles. The Morgan fingerprint density at radius 1 is 1.15 bits per heavy atom. The lowest BCUT2D eigenvalue weighted by Crippen LogP contribution is -2.28. The summed E-state index contributed by atoms with van der Waals surface area (Å²) in [7, 11) is 1.50. The highest BCUT2D eigenvalue weighted by Gasteiger charge is 2.16. The number of fused-ring (bicyclic) bond motifs is 2. The normalized spacial score (nSPS) is 11.1. The van der Waals surface area contributed by atoms with E-state index in [1.54, 1.807) is 12.1 Å². The molecule has 0 fully saturated rings.